The molecule has 0 saturated heterocycles. The summed E-state index contributed by atoms with van der Waals surface area (Å²) in [6.45, 7) is 0. The molecule has 2 aliphatic heterocycles. The van der Waals surface area contributed by atoms with Gasteiger partial charge in [-0.05, 0) is 35.4 Å². The predicted octanol–water partition coefficient (Wildman–Crippen LogP) is 12.4. The minimum Gasteiger partial charge on any atom is -0.453 e. The number of para-hydroxylation sites is 4. The van der Waals surface area contributed by atoms with E-state index in [-0.39, 0.29) is 17.3 Å². The second-order valence-corrected chi connectivity index (χ2v) is 16.1. The summed E-state index contributed by atoms with van der Waals surface area (Å²) in [5, 5.41) is 8.48. The van der Waals surface area contributed by atoms with Crippen LogP contribution in [0, 0.1) is 0 Å². The lowest BCUT2D eigenvalue weighted by molar-refractivity contribution is 0.665. The Labute approximate surface area is 333 Å². The van der Waals surface area contributed by atoms with Gasteiger partial charge in [0, 0.05) is 59.9 Å². The van der Waals surface area contributed by atoms with Gasteiger partial charge in [0.25, 0.3) is 0 Å². The topological polar surface area (TPSA) is 54.8 Å². The zero-order valence-corrected chi connectivity index (χ0v) is 31.5. The van der Waals surface area contributed by atoms with Crippen LogP contribution in [0.25, 0.3) is 55.0 Å². The highest BCUT2D eigenvalue weighted by Gasteiger charge is 2.37. The lowest BCUT2D eigenvalue weighted by Crippen LogP contribution is -2.36. The van der Waals surface area contributed by atoms with Crippen molar-refractivity contribution in [1.82, 2.24) is 9.88 Å². The molecule has 270 valence electrons. The quantitative estimate of drug-likeness (QED) is 0.191. The molecule has 0 radical (unpaired) electrons. The monoisotopic (exact) mass is 750 g/mol. The number of fused-ring (bicyclic) bond motifs is 9. The molecule has 2 unspecified atom stereocenters. The third-order valence-corrected chi connectivity index (χ3v) is 12.9. The summed E-state index contributed by atoms with van der Waals surface area (Å²) in [5.41, 5.74) is 12.0. The molecule has 0 spiro atoms. The van der Waals surface area contributed by atoms with Crippen LogP contribution in [0.2, 0.25) is 0 Å². The molecule has 0 bridgehead atoms. The Morgan fingerprint density at radius 2 is 1.16 bits per heavy atom. The number of nitrogens with one attached hydrogen (secondary N) is 1. The van der Waals surface area contributed by atoms with Crippen LogP contribution in [0.15, 0.2) is 201 Å². The van der Waals surface area contributed by atoms with E-state index in [0.717, 1.165) is 61.6 Å². The number of furan rings is 1. The summed E-state index contributed by atoms with van der Waals surface area (Å²) in [5.74, 6) is 1.86. The first-order valence-corrected chi connectivity index (χ1v) is 20.3. The van der Waals surface area contributed by atoms with Crippen LogP contribution in [0.4, 0.5) is 0 Å². The molecule has 6 heteroatoms. The van der Waals surface area contributed by atoms with Crippen LogP contribution >= 0.6 is 11.8 Å². The molecule has 9 aromatic rings. The van der Waals surface area contributed by atoms with Crippen LogP contribution < -0.4 is 5.32 Å². The maximum atomic E-state index is 7.02. The number of nitrogens with zero attached hydrogens (tertiary/aromatic N) is 3. The second kappa shape index (κ2) is 12.8. The van der Waals surface area contributed by atoms with Gasteiger partial charge in [0.05, 0.1) is 16.7 Å². The summed E-state index contributed by atoms with van der Waals surface area (Å²) < 4.78 is 9.37. The molecule has 0 fully saturated rings. The zero-order chi connectivity index (χ0) is 37.5. The average molecular weight is 751 g/mol. The summed E-state index contributed by atoms with van der Waals surface area (Å²) in [4.78, 5) is 11.8. The number of aliphatic imine (C=N–C) groups is 2. The highest BCUT2D eigenvalue weighted by Crippen LogP contribution is 2.53. The molecular weight excluding hydrogens is 717 g/mol. The van der Waals surface area contributed by atoms with E-state index in [1.54, 1.807) is 0 Å². The first-order valence-electron chi connectivity index (χ1n) is 19.4. The van der Waals surface area contributed by atoms with Crippen molar-refractivity contribution >= 4 is 72.8 Å². The summed E-state index contributed by atoms with van der Waals surface area (Å²) in [6.07, 6.45) is 6.74. The molecular formula is C51H34N4OS. The predicted molar refractivity (Wildman–Crippen MR) is 236 cm³/mol. The van der Waals surface area contributed by atoms with Crippen LogP contribution in [-0.2, 0) is 0 Å². The average Bonchev–Trinajstić information content (AvgIpc) is 3.96. The van der Waals surface area contributed by atoms with Crippen molar-refractivity contribution in [2.24, 2.45) is 9.98 Å². The number of amidine groups is 2. The molecule has 2 atom stereocenters. The molecule has 3 aliphatic rings. The van der Waals surface area contributed by atoms with Crippen LogP contribution in [0.1, 0.15) is 39.9 Å². The summed E-state index contributed by atoms with van der Waals surface area (Å²) in [6, 6.07) is 57.7. The van der Waals surface area contributed by atoms with Crippen molar-refractivity contribution in [2.75, 3.05) is 0 Å². The summed E-state index contributed by atoms with van der Waals surface area (Å²) >= 11 is 1.93. The maximum absolute atomic E-state index is 7.02. The van der Waals surface area contributed by atoms with E-state index in [2.05, 4.69) is 180 Å². The first-order chi connectivity index (χ1) is 28.3. The SMILES string of the molecule is C1=CC2c3c(cccc3C3N=C(c4ccccc4)NC(c4ccccc4)=N3)SC2C=C1c1cccc2c1oc1c(-n3c4ccccc4c4ccccc43)cccc12. The molecule has 1 aliphatic carbocycles. The Morgan fingerprint density at radius 1 is 0.561 bits per heavy atom. The van der Waals surface area contributed by atoms with Crippen LogP contribution in [0.5, 0.6) is 0 Å². The van der Waals surface area contributed by atoms with Crippen molar-refractivity contribution in [3.05, 3.63) is 210 Å². The van der Waals surface area contributed by atoms with Gasteiger partial charge in [-0.3, -0.25) is 0 Å². The van der Waals surface area contributed by atoms with E-state index in [1.807, 2.05) is 23.9 Å². The Morgan fingerprint density at radius 3 is 1.86 bits per heavy atom. The largest absolute Gasteiger partial charge is 0.453 e. The van der Waals surface area contributed by atoms with Gasteiger partial charge < -0.3 is 14.3 Å². The van der Waals surface area contributed by atoms with Gasteiger partial charge in [-0.2, -0.15) is 0 Å². The lowest BCUT2D eigenvalue weighted by Gasteiger charge is -2.25. The van der Waals surface area contributed by atoms with Crippen molar-refractivity contribution < 1.29 is 4.42 Å². The van der Waals surface area contributed by atoms with Gasteiger partial charge in [-0.1, -0.05) is 158 Å². The van der Waals surface area contributed by atoms with Crippen molar-refractivity contribution in [1.29, 1.82) is 0 Å². The van der Waals surface area contributed by atoms with Crippen molar-refractivity contribution in [2.45, 2.75) is 22.2 Å². The zero-order valence-electron chi connectivity index (χ0n) is 30.7. The number of hydrogen-bond acceptors (Lipinski definition) is 5. The second-order valence-electron chi connectivity index (χ2n) is 14.8. The Kier molecular flexibility index (Phi) is 7.29. The van der Waals surface area contributed by atoms with Gasteiger partial charge in [0.2, 0.25) is 0 Å². The van der Waals surface area contributed by atoms with Gasteiger partial charge >= 0.3 is 0 Å². The summed E-state index contributed by atoms with van der Waals surface area (Å²) in [7, 11) is 0. The van der Waals surface area contributed by atoms with Crippen LogP contribution in [-0.4, -0.2) is 21.5 Å². The smallest absolute Gasteiger partial charge is 0.170 e. The van der Waals surface area contributed by atoms with E-state index in [1.165, 1.54) is 37.8 Å². The molecule has 57 heavy (non-hydrogen) atoms. The number of aromatic nitrogens is 1. The fraction of sp³-hybridized carbons (Fsp3) is 0.0588. The van der Waals surface area contributed by atoms with E-state index in [0.29, 0.717) is 0 Å². The molecule has 1 N–H and O–H groups in total. The van der Waals surface area contributed by atoms with Crippen LogP contribution in [0.3, 0.4) is 0 Å². The van der Waals surface area contributed by atoms with E-state index in [4.69, 9.17) is 14.4 Å². The Hall–Kier alpha value is -6.89. The number of benzene rings is 7. The number of rotatable bonds is 5. The number of thioether (sulfide) groups is 1. The molecule has 7 aromatic carbocycles. The maximum Gasteiger partial charge on any atom is 0.170 e. The van der Waals surface area contributed by atoms with Gasteiger partial charge in [-0.15, -0.1) is 11.8 Å². The molecule has 4 heterocycles. The van der Waals surface area contributed by atoms with E-state index in [9.17, 15) is 0 Å². The van der Waals surface area contributed by atoms with E-state index < -0.39 is 0 Å². The number of allylic oxidation sites excluding steroid dienone is 3. The van der Waals surface area contributed by atoms with Gasteiger partial charge in [0.1, 0.15) is 17.3 Å². The third-order valence-electron chi connectivity index (χ3n) is 11.6. The third kappa shape index (κ3) is 5.11. The Bertz CT molecular complexity index is 3100. The first kappa shape index (κ1) is 32.4. The van der Waals surface area contributed by atoms with E-state index >= 15 is 0 Å². The van der Waals surface area contributed by atoms with Crippen molar-refractivity contribution in [3.63, 3.8) is 0 Å². The standard InChI is InChI=1S/C51H34N4OS/c1-3-14-31(15-4-1)49-52-50(32-16-5-2-6-17-32)54-51(53-49)40-23-13-27-44-46(40)39-29-28-33(30-45(39)57-44)34-20-11-21-37-38-22-12-26-43(48(38)56-47(34)37)55-41-24-9-7-18-35(41)36-19-8-10-25-42(36)55/h1-30,39,45,51H,(H,52,53,54). The fourth-order valence-electron chi connectivity index (χ4n) is 9.06. The minimum atomic E-state index is -0.377. The molecule has 0 amide bonds. The lowest BCUT2D eigenvalue weighted by atomic mass is 9.85. The fourth-order valence-corrected chi connectivity index (χ4v) is 10.5. The minimum absolute atomic E-state index is 0.197. The normalized spacial score (nSPS) is 17.7. The highest BCUT2D eigenvalue weighted by atomic mass is 32.2. The molecule has 12 rings (SSSR count). The number of hydrogen-bond donors (Lipinski definition) is 1. The van der Waals surface area contributed by atoms with Gasteiger partial charge in [-0.25, -0.2) is 9.98 Å². The molecule has 2 aromatic heterocycles. The molecule has 5 nitrogen and oxygen atoms in total. The van der Waals surface area contributed by atoms with Gasteiger partial charge in [0.15, 0.2) is 11.7 Å². The van der Waals surface area contributed by atoms with Crippen molar-refractivity contribution in [3.8, 4) is 5.69 Å². The molecule has 0 saturated carbocycles. The highest BCUT2D eigenvalue weighted by molar-refractivity contribution is 8.00. The Balaban J connectivity index is 0.943.